The summed E-state index contributed by atoms with van der Waals surface area (Å²) in [6.45, 7) is 0.300. The van der Waals surface area contributed by atoms with E-state index in [1.807, 2.05) is 60.7 Å². The standard InChI is InChI=1S/C21H22N2O4/c1-27-21(26)18(12-15-8-4-2-5-9-15)22-20(25)16-13-19(24)23(14-16)17-10-6-3-7-11-17/h2-11,16,18H,12-14H2,1H3,(H,22,25). The van der Waals surface area contributed by atoms with Crippen LogP contribution in [0.25, 0.3) is 0 Å². The van der Waals surface area contributed by atoms with E-state index in [4.69, 9.17) is 4.74 Å². The molecule has 0 radical (unpaired) electrons. The lowest BCUT2D eigenvalue weighted by Crippen LogP contribution is -2.46. The van der Waals surface area contributed by atoms with Gasteiger partial charge in [0, 0.05) is 25.1 Å². The number of carbonyl (C=O) groups is 3. The minimum Gasteiger partial charge on any atom is -0.467 e. The lowest BCUT2D eigenvalue weighted by atomic mass is 10.0. The summed E-state index contributed by atoms with van der Waals surface area (Å²) in [5, 5.41) is 2.76. The summed E-state index contributed by atoms with van der Waals surface area (Å²) >= 11 is 0. The summed E-state index contributed by atoms with van der Waals surface area (Å²) < 4.78 is 4.83. The molecule has 3 rings (SSSR count). The van der Waals surface area contributed by atoms with Crippen molar-refractivity contribution < 1.29 is 19.1 Å². The van der Waals surface area contributed by atoms with Crippen molar-refractivity contribution in [2.24, 2.45) is 5.92 Å². The molecule has 27 heavy (non-hydrogen) atoms. The lowest BCUT2D eigenvalue weighted by molar-refractivity contribution is -0.145. The molecule has 1 fully saturated rings. The van der Waals surface area contributed by atoms with Gasteiger partial charge in [-0.2, -0.15) is 0 Å². The van der Waals surface area contributed by atoms with Crippen LogP contribution in [0.1, 0.15) is 12.0 Å². The Morgan fingerprint density at radius 3 is 2.37 bits per heavy atom. The van der Waals surface area contributed by atoms with Gasteiger partial charge in [0.1, 0.15) is 6.04 Å². The summed E-state index contributed by atoms with van der Waals surface area (Å²) in [5.74, 6) is -1.41. The van der Waals surface area contributed by atoms with Crippen molar-refractivity contribution in [2.75, 3.05) is 18.6 Å². The number of carbonyl (C=O) groups excluding carboxylic acids is 3. The number of hydrogen-bond donors (Lipinski definition) is 1. The van der Waals surface area contributed by atoms with Crippen LogP contribution in [-0.4, -0.2) is 37.5 Å². The number of esters is 1. The Labute approximate surface area is 158 Å². The van der Waals surface area contributed by atoms with Crippen LogP contribution in [0.3, 0.4) is 0 Å². The maximum atomic E-state index is 12.7. The van der Waals surface area contributed by atoms with E-state index in [0.29, 0.717) is 13.0 Å². The Balaban J connectivity index is 1.67. The third-order valence-corrected chi connectivity index (χ3v) is 4.65. The van der Waals surface area contributed by atoms with E-state index in [1.54, 1.807) is 4.90 Å². The van der Waals surface area contributed by atoms with Crippen LogP contribution in [0, 0.1) is 5.92 Å². The van der Waals surface area contributed by atoms with E-state index in [2.05, 4.69) is 5.32 Å². The van der Waals surface area contributed by atoms with Gasteiger partial charge in [-0.25, -0.2) is 4.79 Å². The highest BCUT2D eigenvalue weighted by atomic mass is 16.5. The second-order valence-corrected chi connectivity index (χ2v) is 6.51. The van der Waals surface area contributed by atoms with Crippen LogP contribution in [0.5, 0.6) is 0 Å². The molecule has 1 heterocycles. The van der Waals surface area contributed by atoms with E-state index in [-0.39, 0.29) is 18.2 Å². The number of nitrogens with one attached hydrogen (secondary N) is 1. The first-order valence-electron chi connectivity index (χ1n) is 8.86. The van der Waals surface area contributed by atoms with Crippen molar-refractivity contribution in [3.8, 4) is 0 Å². The van der Waals surface area contributed by atoms with Crippen LogP contribution < -0.4 is 10.2 Å². The second kappa shape index (κ2) is 8.49. The van der Waals surface area contributed by atoms with E-state index < -0.39 is 17.9 Å². The minimum atomic E-state index is -0.786. The molecule has 2 unspecified atom stereocenters. The molecular weight excluding hydrogens is 344 g/mol. The number of methoxy groups -OCH3 is 1. The van der Waals surface area contributed by atoms with Crippen LogP contribution >= 0.6 is 0 Å². The maximum Gasteiger partial charge on any atom is 0.328 e. The fourth-order valence-electron chi connectivity index (χ4n) is 3.22. The van der Waals surface area contributed by atoms with Gasteiger partial charge < -0.3 is 15.0 Å². The Kier molecular flexibility index (Phi) is 5.86. The Morgan fingerprint density at radius 2 is 1.74 bits per heavy atom. The number of amides is 2. The van der Waals surface area contributed by atoms with E-state index in [0.717, 1.165) is 11.3 Å². The topological polar surface area (TPSA) is 75.7 Å². The van der Waals surface area contributed by atoms with Crippen LogP contribution in [0.4, 0.5) is 5.69 Å². The van der Waals surface area contributed by atoms with Crippen molar-refractivity contribution >= 4 is 23.5 Å². The van der Waals surface area contributed by atoms with Crippen LogP contribution in [0.2, 0.25) is 0 Å². The molecular formula is C21H22N2O4. The molecule has 1 aliphatic heterocycles. The normalized spacial score (nSPS) is 17.4. The summed E-state index contributed by atoms with van der Waals surface area (Å²) in [6, 6.07) is 17.9. The fraction of sp³-hybridized carbons (Fsp3) is 0.286. The lowest BCUT2D eigenvalue weighted by Gasteiger charge is -2.20. The smallest absolute Gasteiger partial charge is 0.328 e. The monoisotopic (exact) mass is 366 g/mol. The molecule has 2 aromatic rings. The predicted octanol–water partition coefficient (Wildman–Crippen LogP) is 1.94. The van der Waals surface area contributed by atoms with Gasteiger partial charge in [-0.3, -0.25) is 9.59 Å². The van der Waals surface area contributed by atoms with Gasteiger partial charge in [-0.05, 0) is 17.7 Å². The largest absolute Gasteiger partial charge is 0.467 e. The van der Waals surface area contributed by atoms with Gasteiger partial charge in [0.05, 0.1) is 13.0 Å². The SMILES string of the molecule is COC(=O)C(Cc1ccccc1)NC(=O)C1CC(=O)N(c2ccccc2)C1. The van der Waals surface area contributed by atoms with Gasteiger partial charge in [-0.15, -0.1) is 0 Å². The number of benzene rings is 2. The fourth-order valence-corrected chi connectivity index (χ4v) is 3.22. The van der Waals surface area contributed by atoms with Crippen molar-refractivity contribution in [3.63, 3.8) is 0 Å². The number of nitrogens with zero attached hydrogens (tertiary/aromatic N) is 1. The third-order valence-electron chi connectivity index (χ3n) is 4.65. The zero-order valence-electron chi connectivity index (χ0n) is 15.1. The number of ether oxygens (including phenoxy) is 1. The minimum absolute atomic E-state index is 0.0981. The molecule has 1 N–H and O–H groups in total. The average Bonchev–Trinajstić information content (AvgIpc) is 3.10. The molecule has 0 aliphatic carbocycles. The molecule has 2 amide bonds. The Morgan fingerprint density at radius 1 is 1.11 bits per heavy atom. The highest BCUT2D eigenvalue weighted by Gasteiger charge is 2.36. The molecule has 0 spiro atoms. The third kappa shape index (κ3) is 4.53. The van der Waals surface area contributed by atoms with Gasteiger partial charge in [0.15, 0.2) is 0 Å². The molecule has 6 nitrogen and oxygen atoms in total. The molecule has 0 aromatic heterocycles. The van der Waals surface area contributed by atoms with Crippen LogP contribution in [0.15, 0.2) is 60.7 Å². The quantitative estimate of drug-likeness (QED) is 0.793. The number of rotatable bonds is 6. The molecule has 2 atom stereocenters. The highest BCUT2D eigenvalue weighted by Crippen LogP contribution is 2.25. The van der Waals surface area contributed by atoms with Gasteiger partial charge in [0.25, 0.3) is 0 Å². The maximum absolute atomic E-state index is 12.7. The van der Waals surface area contributed by atoms with Gasteiger partial charge >= 0.3 is 5.97 Å². The highest BCUT2D eigenvalue weighted by molar-refractivity contribution is 6.00. The van der Waals surface area contributed by atoms with Crippen LogP contribution in [-0.2, 0) is 25.5 Å². The van der Waals surface area contributed by atoms with E-state index in [9.17, 15) is 14.4 Å². The molecule has 2 aromatic carbocycles. The average molecular weight is 366 g/mol. The molecule has 0 saturated carbocycles. The summed E-state index contributed by atoms with van der Waals surface area (Å²) in [7, 11) is 1.29. The number of anilines is 1. The van der Waals surface area contributed by atoms with Gasteiger partial charge in [-0.1, -0.05) is 48.5 Å². The van der Waals surface area contributed by atoms with Crippen molar-refractivity contribution in [2.45, 2.75) is 18.9 Å². The molecule has 1 aliphatic rings. The van der Waals surface area contributed by atoms with Crippen molar-refractivity contribution in [1.82, 2.24) is 5.32 Å². The molecule has 6 heteroatoms. The predicted molar refractivity (Wildman–Crippen MR) is 101 cm³/mol. The number of para-hydroxylation sites is 1. The molecule has 140 valence electrons. The first-order valence-corrected chi connectivity index (χ1v) is 8.86. The van der Waals surface area contributed by atoms with Gasteiger partial charge in [0.2, 0.25) is 11.8 Å². The summed E-state index contributed by atoms with van der Waals surface area (Å²) in [6.07, 6.45) is 0.461. The summed E-state index contributed by atoms with van der Waals surface area (Å²) in [5.41, 5.74) is 1.69. The Bertz CT molecular complexity index is 807. The first-order chi connectivity index (χ1) is 13.1. The second-order valence-electron chi connectivity index (χ2n) is 6.51. The molecule has 1 saturated heterocycles. The summed E-state index contributed by atoms with van der Waals surface area (Å²) in [4.78, 5) is 38.7. The Hall–Kier alpha value is -3.15. The number of hydrogen-bond acceptors (Lipinski definition) is 4. The first kappa shape index (κ1) is 18.6. The zero-order chi connectivity index (χ0) is 19.2. The molecule has 0 bridgehead atoms. The zero-order valence-corrected chi connectivity index (χ0v) is 15.1. The van der Waals surface area contributed by atoms with E-state index >= 15 is 0 Å². The van der Waals surface area contributed by atoms with Crippen molar-refractivity contribution in [1.29, 1.82) is 0 Å². The van der Waals surface area contributed by atoms with E-state index in [1.165, 1.54) is 7.11 Å². The van der Waals surface area contributed by atoms with Crippen molar-refractivity contribution in [3.05, 3.63) is 66.2 Å².